The summed E-state index contributed by atoms with van der Waals surface area (Å²) >= 11 is 0. The second-order valence-corrected chi connectivity index (χ2v) is 3.72. The van der Waals surface area contributed by atoms with Crippen LogP contribution >= 0.6 is 0 Å². The Kier molecular flexibility index (Phi) is 3.84. The predicted molar refractivity (Wildman–Crippen MR) is 71.0 cm³/mol. The highest BCUT2D eigenvalue weighted by atomic mass is 16.5. The standard InChI is InChI=1S/C14H13N3O2/c1-2-18-13-4-3-5-14(17-13)19-12-7-6-11(16)8-10(12)9-15/h3-8H,2,16H2,1H3. The van der Waals surface area contributed by atoms with Gasteiger partial charge in [0.25, 0.3) is 0 Å². The summed E-state index contributed by atoms with van der Waals surface area (Å²) in [5.41, 5.74) is 6.50. The molecule has 0 atom stereocenters. The van der Waals surface area contributed by atoms with Gasteiger partial charge in [0.2, 0.25) is 11.8 Å². The van der Waals surface area contributed by atoms with Crippen LogP contribution in [0.1, 0.15) is 12.5 Å². The van der Waals surface area contributed by atoms with E-state index in [4.69, 9.17) is 20.5 Å². The van der Waals surface area contributed by atoms with Gasteiger partial charge in [-0.1, -0.05) is 6.07 Å². The van der Waals surface area contributed by atoms with Crippen molar-refractivity contribution in [3.63, 3.8) is 0 Å². The molecule has 0 bridgehead atoms. The largest absolute Gasteiger partial charge is 0.478 e. The first-order chi connectivity index (χ1) is 9.22. The molecule has 0 aliphatic rings. The van der Waals surface area contributed by atoms with Gasteiger partial charge in [0.15, 0.2) is 0 Å². The monoisotopic (exact) mass is 255 g/mol. The molecule has 2 aromatic rings. The second kappa shape index (κ2) is 5.74. The van der Waals surface area contributed by atoms with Crippen LogP contribution < -0.4 is 15.2 Å². The van der Waals surface area contributed by atoms with Gasteiger partial charge in [-0.2, -0.15) is 10.2 Å². The first-order valence-corrected chi connectivity index (χ1v) is 5.80. The Bertz CT molecular complexity index is 620. The van der Waals surface area contributed by atoms with Gasteiger partial charge in [0.05, 0.1) is 12.2 Å². The van der Waals surface area contributed by atoms with Crippen LogP contribution in [0.5, 0.6) is 17.5 Å². The van der Waals surface area contributed by atoms with Crippen molar-refractivity contribution in [1.82, 2.24) is 4.98 Å². The number of nitrogen functional groups attached to an aromatic ring is 1. The fourth-order valence-corrected chi connectivity index (χ4v) is 1.52. The number of ether oxygens (including phenoxy) is 2. The third-order valence-electron chi connectivity index (χ3n) is 2.33. The Labute approximate surface area is 111 Å². The van der Waals surface area contributed by atoms with Gasteiger partial charge in [-0.15, -0.1) is 0 Å². The van der Waals surface area contributed by atoms with Gasteiger partial charge >= 0.3 is 0 Å². The Morgan fingerprint density at radius 3 is 2.79 bits per heavy atom. The number of rotatable bonds is 4. The van der Waals surface area contributed by atoms with Crippen LogP contribution in [0.2, 0.25) is 0 Å². The lowest BCUT2D eigenvalue weighted by Crippen LogP contribution is -1.96. The zero-order valence-corrected chi connectivity index (χ0v) is 10.5. The maximum atomic E-state index is 9.03. The summed E-state index contributed by atoms with van der Waals surface area (Å²) in [5, 5.41) is 9.03. The van der Waals surface area contributed by atoms with E-state index in [-0.39, 0.29) is 0 Å². The molecule has 5 heteroatoms. The number of nitrogens with two attached hydrogens (primary N) is 1. The molecule has 1 aromatic carbocycles. The molecule has 1 heterocycles. The van der Waals surface area contributed by atoms with Crippen LogP contribution in [0.15, 0.2) is 36.4 Å². The smallest absolute Gasteiger partial charge is 0.222 e. The van der Waals surface area contributed by atoms with Gasteiger partial charge < -0.3 is 15.2 Å². The van der Waals surface area contributed by atoms with E-state index < -0.39 is 0 Å². The third-order valence-corrected chi connectivity index (χ3v) is 2.33. The van der Waals surface area contributed by atoms with Crippen molar-refractivity contribution in [2.24, 2.45) is 0 Å². The zero-order valence-electron chi connectivity index (χ0n) is 10.5. The normalized spacial score (nSPS) is 9.68. The summed E-state index contributed by atoms with van der Waals surface area (Å²) in [6.45, 7) is 2.41. The van der Waals surface area contributed by atoms with E-state index in [2.05, 4.69) is 4.98 Å². The van der Waals surface area contributed by atoms with E-state index >= 15 is 0 Å². The van der Waals surface area contributed by atoms with Gasteiger partial charge in [0, 0.05) is 17.8 Å². The van der Waals surface area contributed by atoms with E-state index in [1.165, 1.54) is 0 Å². The Hall–Kier alpha value is -2.74. The van der Waals surface area contributed by atoms with E-state index in [0.29, 0.717) is 35.4 Å². The van der Waals surface area contributed by atoms with Gasteiger partial charge in [0.1, 0.15) is 11.8 Å². The molecule has 0 aliphatic heterocycles. The number of nitrogens with zero attached hydrogens (tertiary/aromatic N) is 2. The number of hydrogen-bond donors (Lipinski definition) is 1. The number of nitriles is 1. The molecule has 5 nitrogen and oxygen atoms in total. The molecule has 19 heavy (non-hydrogen) atoms. The van der Waals surface area contributed by atoms with Crippen LogP contribution in [0.3, 0.4) is 0 Å². The summed E-state index contributed by atoms with van der Waals surface area (Å²) in [4.78, 5) is 4.17. The lowest BCUT2D eigenvalue weighted by atomic mass is 10.2. The van der Waals surface area contributed by atoms with E-state index in [9.17, 15) is 0 Å². The minimum Gasteiger partial charge on any atom is -0.478 e. The second-order valence-electron chi connectivity index (χ2n) is 3.72. The average molecular weight is 255 g/mol. The third kappa shape index (κ3) is 3.13. The highest BCUT2D eigenvalue weighted by Crippen LogP contribution is 2.26. The zero-order chi connectivity index (χ0) is 13.7. The Morgan fingerprint density at radius 2 is 2.05 bits per heavy atom. The number of hydrogen-bond acceptors (Lipinski definition) is 5. The lowest BCUT2D eigenvalue weighted by molar-refractivity contribution is 0.321. The molecule has 0 saturated heterocycles. The molecule has 0 unspecified atom stereocenters. The van der Waals surface area contributed by atoms with Crippen LogP contribution in [0.4, 0.5) is 5.69 Å². The Balaban J connectivity index is 2.26. The molecule has 0 amide bonds. The number of benzene rings is 1. The van der Waals surface area contributed by atoms with Crippen LogP contribution in [-0.4, -0.2) is 11.6 Å². The molecule has 2 N–H and O–H groups in total. The number of pyridine rings is 1. The fourth-order valence-electron chi connectivity index (χ4n) is 1.52. The summed E-state index contributed by atoms with van der Waals surface area (Å²) in [5.74, 6) is 1.26. The summed E-state index contributed by atoms with van der Waals surface area (Å²) in [6, 6.07) is 12.1. The van der Waals surface area contributed by atoms with E-state index in [1.54, 1.807) is 36.4 Å². The van der Waals surface area contributed by atoms with E-state index in [0.717, 1.165) is 0 Å². The van der Waals surface area contributed by atoms with Gasteiger partial charge in [-0.3, -0.25) is 0 Å². The van der Waals surface area contributed by atoms with Crippen molar-refractivity contribution in [2.45, 2.75) is 6.92 Å². The van der Waals surface area contributed by atoms with E-state index in [1.807, 2.05) is 13.0 Å². The van der Waals surface area contributed by atoms with Crippen LogP contribution in [0, 0.1) is 11.3 Å². The number of aromatic nitrogens is 1. The van der Waals surface area contributed by atoms with Crippen LogP contribution in [-0.2, 0) is 0 Å². The van der Waals surface area contributed by atoms with Crippen molar-refractivity contribution in [3.05, 3.63) is 42.0 Å². The molecule has 0 aliphatic carbocycles. The first kappa shape index (κ1) is 12.7. The van der Waals surface area contributed by atoms with Crippen LogP contribution in [0.25, 0.3) is 0 Å². The highest BCUT2D eigenvalue weighted by Gasteiger charge is 2.07. The van der Waals surface area contributed by atoms with Crippen molar-refractivity contribution >= 4 is 5.69 Å². The quantitative estimate of drug-likeness (QED) is 0.849. The minimum atomic E-state index is 0.364. The SMILES string of the molecule is CCOc1cccc(Oc2ccc(N)cc2C#N)n1. The lowest BCUT2D eigenvalue weighted by Gasteiger charge is -2.08. The molecule has 2 rings (SSSR count). The minimum absolute atomic E-state index is 0.364. The Morgan fingerprint density at radius 1 is 1.26 bits per heavy atom. The predicted octanol–water partition coefficient (Wildman–Crippen LogP) is 2.73. The molecule has 96 valence electrons. The van der Waals surface area contributed by atoms with Crippen molar-refractivity contribution < 1.29 is 9.47 Å². The highest BCUT2D eigenvalue weighted by molar-refractivity contribution is 5.53. The average Bonchev–Trinajstić information content (AvgIpc) is 2.41. The summed E-state index contributed by atoms with van der Waals surface area (Å²) in [6.07, 6.45) is 0. The fraction of sp³-hybridized carbons (Fsp3) is 0.143. The molecule has 0 fully saturated rings. The van der Waals surface area contributed by atoms with Crippen molar-refractivity contribution in [1.29, 1.82) is 5.26 Å². The summed E-state index contributed by atoms with van der Waals surface area (Å²) < 4.78 is 10.9. The molecule has 0 radical (unpaired) electrons. The summed E-state index contributed by atoms with van der Waals surface area (Å²) in [7, 11) is 0. The molecular formula is C14H13N3O2. The van der Waals surface area contributed by atoms with Gasteiger partial charge in [-0.05, 0) is 25.1 Å². The van der Waals surface area contributed by atoms with Crippen molar-refractivity contribution in [2.75, 3.05) is 12.3 Å². The molecule has 1 aromatic heterocycles. The maximum absolute atomic E-state index is 9.03. The topological polar surface area (TPSA) is 81.2 Å². The maximum Gasteiger partial charge on any atom is 0.222 e. The molecular weight excluding hydrogens is 242 g/mol. The first-order valence-electron chi connectivity index (χ1n) is 5.80. The molecule has 0 spiro atoms. The molecule has 0 saturated carbocycles. The van der Waals surface area contributed by atoms with Crippen molar-refractivity contribution in [3.8, 4) is 23.6 Å². The van der Waals surface area contributed by atoms with Gasteiger partial charge in [-0.25, -0.2) is 0 Å². The number of anilines is 1.